The van der Waals surface area contributed by atoms with Crippen molar-refractivity contribution in [2.24, 2.45) is 0 Å². The van der Waals surface area contributed by atoms with E-state index in [0.717, 1.165) is 12.8 Å². The fraction of sp³-hybridized carbons (Fsp3) is 0.958. The highest BCUT2D eigenvalue weighted by Crippen LogP contribution is 2.17. The lowest BCUT2D eigenvalue weighted by Crippen LogP contribution is -2.40. The first-order chi connectivity index (χ1) is 14.9. The number of rotatable bonds is 18. The van der Waals surface area contributed by atoms with Gasteiger partial charge in [0, 0.05) is 6.42 Å². The van der Waals surface area contributed by atoms with E-state index >= 15 is 0 Å². The Morgan fingerprint density at radius 2 is 1.26 bits per heavy atom. The van der Waals surface area contributed by atoms with E-state index in [2.05, 4.69) is 6.92 Å². The second-order valence-electron chi connectivity index (χ2n) is 8.70. The summed E-state index contributed by atoms with van der Waals surface area (Å²) < 4.78 is 4.82. The zero-order chi connectivity index (χ0) is 23.3. The van der Waals surface area contributed by atoms with Crippen LogP contribution in [0.2, 0.25) is 0 Å². The van der Waals surface area contributed by atoms with Crippen LogP contribution in [-0.2, 0) is 9.53 Å². The summed E-state index contributed by atoms with van der Waals surface area (Å²) in [5.41, 5.74) is 0. The molecule has 5 N–H and O–H groups in total. The predicted octanol–water partition coefficient (Wildman–Crippen LogP) is 3.79. The quantitative estimate of drug-likeness (QED) is 0.202. The van der Waals surface area contributed by atoms with Crippen molar-refractivity contribution >= 4 is 5.97 Å². The van der Waals surface area contributed by atoms with E-state index in [1.807, 2.05) is 0 Å². The molecule has 0 amide bonds. The molecule has 0 aliphatic carbocycles. The summed E-state index contributed by atoms with van der Waals surface area (Å²) in [5, 5.41) is 44.1. The Bertz CT molecular complexity index is 405. The van der Waals surface area contributed by atoms with Crippen molar-refractivity contribution in [2.45, 2.75) is 134 Å². The molecule has 0 saturated carbocycles. The average Bonchev–Trinajstić information content (AvgIpc) is 3.09. The molecule has 1 rings (SSSR count). The van der Waals surface area contributed by atoms with E-state index in [1.165, 1.54) is 83.5 Å². The molecule has 0 aromatic heterocycles. The van der Waals surface area contributed by atoms with Crippen LogP contribution in [0.25, 0.3) is 0 Å². The summed E-state index contributed by atoms with van der Waals surface area (Å²) in [6, 6.07) is 0. The maximum absolute atomic E-state index is 10.3. The molecule has 0 radical (unpaired) electrons. The number of carbonyl (C=O) groups is 1. The van der Waals surface area contributed by atoms with Crippen LogP contribution < -0.4 is 0 Å². The van der Waals surface area contributed by atoms with Gasteiger partial charge in [0.05, 0.1) is 13.2 Å². The van der Waals surface area contributed by atoms with Crippen molar-refractivity contribution in [3.05, 3.63) is 0 Å². The van der Waals surface area contributed by atoms with Gasteiger partial charge in [-0.3, -0.25) is 4.79 Å². The molecule has 0 spiro atoms. The van der Waals surface area contributed by atoms with Crippen molar-refractivity contribution in [1.82, 2.24) is 0 Å². The van der Waals surface area contributed by atoms with Crippen LogP contribution in [0.3, 0.4) is 0 Å². The number of carboxylic acids is 1. The van der Waals surface area contributed by atoms with Gasteiger partial charge in [-0.1, -0.05) is 96.8 Å². The van der Waals surface area contributed by atoms with Crippen molar-refractivity contribution in [2.75, 3.05) is 13.2 Å². The summed E-state index contributed by atoms with van der Waals surface area (Å²) in [6.45, 7) is 1.80. The van der Waals surface area contributed by atoms with Crippen LogP contribution in [0.4, 0.5) is 0 Å². The van der Waals surface area contributed by atoms with Gasteiger partial charge in [-0.15, -0.1) is 0 Å². The highest BCUT2D eigenvalue weighted by Gasteiger charge is 2.38. The number of aliphatic carboxylic acids is 1. The van der Waals surface area contributed by atoms with E-state index in [9.17, 15) is 4.79 Å². The topological polar surface area (TPSA) is 127 Å². The van der Waals surface area contributed by atoms with E-state index in [-0.39, 0.29) is 6.61 Å². The summed E-state index contributed by atoms with van der Waals surface area (Å²) >= 11 is 0. The molecule has 31 heavy (non-hydrogen) atoms. The van der Waals surface area contributed by atoms with Crippen LogP contribution in [0, 0.1) is 0 Å². The van der Waals surface area contributed by atoms with Crippen LogP contribution >= 0.6 is 0 Å². The van der Waals surface area contributed by atoms with Crippen LogP contribution in [0.15, 0.2) is 0 Å². The number of carboxylic acid groups (broad SMARTS) is 1. The second-order valence-corrected chi connectivity index (χ2v) is 8.70. The molecule has 0 aromatic carbocycles. The van der Waals surface area contributed by atoms with E-state index < -0.39 is 37.0 Å². The fourth-order valence-electron chi connectivity index (χ4n) is 3.72. The molecular formula is C24H48O7. The van der Waals surface area contributed by atoms with Crippen molar-refractivity contribution < 1.29 is 35.1 Å². The third-order valence-electron chi connectivity index (χ3n) is 5.75. The predicted molar refractivity (Wildman–Crippen MR) is 122 cm³/mol. The van der Waals surface area contributed by atoms with Gasteiger partial charge in [0.15, 0.2) is 0 Å². The lowest BCUT2D eigenvalue weighted by Gasteiger charge is -2.18. The number of hydrogen-bond donors (Lipinski definition) is 5. The molecule has 7 heteroatoms. The van der Waals surface area contributed by atoms with Gasteiger partial charge < -0.3 is 30.3 Å². The van der Waals surface area contributed by atoms with Gasteiger partial charge >= 0.3 is 5.97 Å². The Labute approximate surface area is 188 Å². The number of aliphatic hydroxyl groups excluding tert-OH is 4. The van der Waals surface area contributed by atoms with Crippen LogP contribution in [-0.4, -0.2) is 69.1 Å². The first-order valence-corrected chi connectivity index (χ1v) is 12.4. The van der Waals surface area contributed by atoms with E-state index in [4.69, 9.17) is 30.3 Å². The Morgan fingerprint density at radius 1 is 0.839 bits per heavy atom. The highest BCUT2D eigenvalue weighted by atomic mass is 16.5. The van der Waals surface area contributed by atoms with Gasteiger partial charge in [0.1, 0.15) is 24.4 Å². The molecule has 0 bridgehead atoms. The third-order valence-corrected chi connectivity index (χ3v) is 5.75. The zero-order valence-corrected chi connectivity index (χ0v) is 19.6. The summed E-state index contributed by atoms with van der Waals surface area (Å²) in [4.78, 5) is 10.3. The normalized spacial score (nSPS) is 21.5. The molecule has 1 unspecified atom stereocenters. The molecule has 0 aromatic rings. The van der Waals surface area contributed by atoms with Gasteiger partial charge in [-0.05, 0) is 6.42 Å². The summed E-state index contributed by atoms with van der Waals surface area (Å²) in [5.74, 6) is -0.653. The smallest absolute Gasteiger partial charge is 0.303 e. The Hall–Kier alpha value is -0.730. The molecule has 1 fully saturated rings. The minimum Gasteiger partial charge on any atom is -0.481 e. The Balaban J connectivity index is 0.000000683. The third kappa shape index (κ3) is 17.5. The van der Waals surface area contributed by atoms with Crippen LogP contribution in [0.5, 0.6) is 0 Å². The van der Waals surface area contributed by atoms with Gasteiger partial charge in [0.25, 0.3) is 0 Å². The first kappa shape index (κ1) is 30.3. The van der Waals surface area contributed by atoms with E-state index in [1.54, 1.807) is 0 Å². The van der Waals surface area contributed by atoms with Crippen molar-refractivity contribution in [3.8, 4) is 0 Å². The maximum Gasteiger partial charge on any atom is 0.303 e. The lowest BCUT2D eigenvalue weighted by molar-refractivity contribution is -0.137. The van der Waals surface area contributed by atoms with Gasteiger partial charge in [-0.2, -0.15) is 0 Å². The van der Waals surface area contributed by atoms with Crippen LogP contribution in [0.1, 0.15) is 110 Å². The Kier molecular flexibility index (Phi) is 20.6. The SMILES string of the molecule is CCCCCCCCCCCCCCCCCC(=O)O.OCC(O)[C@H]1OC[C@H](O)[C@H]1O. The maximum atomic E-state index is 10.3. The minimum absolute atomic E-state index is 0.00287. The highest BCUT2D eigenvalue weighted by molar-refractivity contribution is 5.66. The number of aliphatic hydroxyl groups is 4. The first-order valence-electron chi connectivity index (χ1n) is 12.4. The molecule has 7 nitrogen and oxygen atoms in total. The van der Waals surface area contributed by atoms with Gasteiger partial charge in [-0.25, -0.2) is 0 Å². The largest absolute Gasteiger partial charge is 0.481 e. The summed E-state index contributed by atoms with van der Waals surface area (Å²) in [6.07, 6.45) is 16.2. The molecular weight excluding hydrogens is 400 g/mol. The monoisotopic (exact) mass is 448 g/mol. The van der Waals surface area contributed by atoms with Crippen molar-refractivity contribution in [1.29, 1.82) is 0 Å². The number of hydrogen-bond acceptors (Lipinski definition) is 6. The van der Waals surface area contributed by atoms with E-state index in [0.29, 0.717) is 6.42 Å². The molecule has 1 aliphatic heterocycles. The molecule has 186 valence electrons. The standard InChI is InChI=1S/C18H36O2.C6H12O5/c1-2-3-4-5-6-7-8-9-10-11-12-13-14-15-16-17-18(19)20;7-1-3(8)6-5(10)4(9)2-11-6/h2-17H2,1H3,(H,19,20);3-10H,1-2H2/t;3?,4-,5+,6+/m.0/s1. The fourth-order valence-corrected chi connectivity index (χ4v) is 3.72. The minimum atomic E-state index is -1.12. The molecule has 1 heterocycles. The van der Waals surface area contributed by atoms with Crippen molar-refractivity contribution in [3.63, 3.8) is 0 Å². The molecule has 1 aliphatic rings. The van der Waals surface area contributed by atoms with Gasteiger partial charge in [0.2, 0.25) is 0 Å². The second kappa shape index (κ2) is 21.1. The average molecular weight is 449 g/mol. The summed E-state index contributed by atoms with van der Waals surface area (Å²) in [7, 11) is 0. The molecule has 1 saturated heterocycles. The lowest BCUT2D eigenvalue weighted by atomic mass is 10.0. The number of ether oxygens (including phenoxy) is 1. The molecule has 4 atom stereocenters. The number of unbranched alkanes of at least 4 members (excludes halogenated alkanes) is 14. The zero-order valence-electron chi connectivity index (χ0n) is 19.6. The Morgan fingerprint density at radius 3 is 1.58 bits per heavy atom.